The zero-order valence-corrected chi connectivity index (χ0v) is 12.9. The Labute approximate surface area is 125 Å². The number of aryl methyl sites for hydroxylation is 1. The van der Waals surface area contributed by atoms with Gasteiger partial charge in [0.25, 0.3) is 10.0 Å². The van der Waals surface area contributed by atoms with Crippen molar-refractivity contribution in [2.45, 2.75) is 11.8 Å². The molecule has 0 saturated heterocycles. The highest BCUT2D eigenvalue weighted by Crippen LogP contribution is 2.24. The number of rotatable bonds is 3. The molecule has 0 heterocycles. The van der Waals surface area contributed by atoms with Crippen LogP contribution >= 0.6 is 15.9 Å². The fourth-order valence-corrected chi connectivity index (χ4v) is 3.34. The van der Waals surface area contributed by atoms with Gasteiger partial charge < -0.3 is 5.73 Å². The summed E-state index contributed by atoms with van der Waals surface area (Å²) in [6.45, 7) is 1.75. The van der Waals surface area contributed by atoms with E-state index in [2.05, 4.69) is 20.7 Å². The first-order valence-corrected chi connectivity index (χ1v) is 7.91. The largest absolute Gasteiger partial charge is 0.399 e. The SMILES string of the molecule is Cc1cc(Br)ccc1NS(=O)(=O)c1ccc(N)cc1F. The van der Waals surface area contributed by atoms with Gasteiger partial charge in [-0.2, -0.15) is 0 Å². The summed E-state index contributed by atoms with van der Waals surface area (Å²) >= 11 is 3.29. The van der Waals surface area contributed by atoms with Crippen molar-refractivity contribution in [1.29, 1.82) is 0 Å². The van der Waals surface area contributed by atoms with Crippen LogP contribution in [-0.4, -0.2) is 8.42 Å². The van der Waals surface area contributed by atoms with E-state index < -0.39 is 20.7 Å². The fourth-order valence-electron chi connectivity index (χ4n) is 1.68. The van der Waals surface area contributed by atoms with Crippen molar-refractivity contribution in [2.24, 2.45) is 0 Å². The Bertz CT molecular complexity index is 763. The molecule has 20 heavy (non-hydrogen) atoms. The number of nitrogens with two attached hydrogens (primary N) is 1. The maximum Gasteiger partial charge on any atom is 0.264 e. The summed E-state index contributed by atoms with van der Waals surface area (Å²) in [5.74, 6) is -0.882. The van der Waals surface area contributed by atoms with Crippen molar-refractivity contribution < 1.29 is 12.8 Å². The minimum atomic E-state index is -3.99. The van der Waals surface area contributed by atoms with Crippen LogP contribution in [0.25, 0.3) is 0 Å². The average molecular weight is 359 g/mol. The summed E-state index contributed by atoms with van der Waals surface area (Å²) in [5, 5.41) is 0. The topological polar surface area (TPSA) is 72.2 Å². The molecule has 106 valence electrons. The molecule has 0 atom stereocenters. The van der Waals surface area contributed by atoms with E-state index in [1.807, 2.05) is 0 Å². The van der Waals surface area contributed by atoms with Crippen molar-refractivity contribution >= 4 is 37.3 Å². The third-order valence-electron chi connectivity index (χ3n) is 2.68. The molecule has 0 aliphatic heterocycles. The molecule has 4 nitrogen and oxygen atoms in total. The molecule has 0 aliphatic carbocycles. The zero-order valence-electron chi connectivity index (χ0n) is 10.5. The van der Waals surface area contributed by atoms with Gasteiger partial charge in [-0.3, -0.25) is 4.72 Å². The van der Waals surface area contributed by atoms with Gasteiger partial charge >= 0.3 is 0 Å². The van der Waals surface area contributed by atoms with Crippen molar-refractivity contribution in [3.05, 3.63) is 52.3 Å². The number of sulfonamides is 1. The number of nitrogens with one attached hydrogen (secondary N) is 1. The van der Waals surface area contributed by atoms with E-state index in [0.717, 1.165) is 22.2 Å². The number of hydrogen-bond donors (Lipinski definition) is 2. The first-order valence-electron chi connectivity index (χ1n) is 5.63. The maximum absolute atomic E-state index is 13.7. The molecular weight excluding hydrogens is 347 g/mol. The Kier molecular flexibility index (Phi) is 4.01. The predicted octanol–water partition coefficient (Wildman–Crippen LogP) is 3.28. The van der Waals surface area contributed by atoms with Crippen molar-refractivity contribution in [3.63, 3.8) is 0 Å². The Balaban J connectivity index is 2.41. The molecule has 7 heteroatoms. The maximum atomic E-state index is 13.7. The lowest BCUT2D eigenvalue weighted by Crippen LogP contribution is -2.15. The summed E-state index contributed by atoms with van der Waals surface area (Å²) in [4.78, 5) is -0.436. The number of nitrogen functional groups attached to an aromatic ring is 1. The van der Waals surface area contributed by atoms with Gasteiger partial charge in [0.15, 0.2) is 0 Å². The third-order valence-corrected chi connectivity index (χ3v) is 4.57. The first kappa shape index (κ1) is 14.8. The molecular formula is C13H12BrFN2O2S. The Morgan fingerprint density at radius 1 is 1.20 bits per heavy atom. The summed E-state index contributed by atoms with van der Waals surface area (Å²) in [6, 6.07) is 8.52. The predicted molar refractivity (Wildman–Crippen MR) is 80.5 cm³/mol. The number of anilines is 2. The van der Waals surface area contributed by atoms with E-state index in [1.165, 1.54) is 6.07 Å². The second-order valence-electron chi connectivity index (χ2n) is 4.25. The van der Waals surface area contributed by atoms with Gasteiger partial charge in [-0.05, 0) is 48.9 Å². The van der Waals surface area contributed by atoms with E-state index in [1.54, 1.807) is 25.1 Å². The Morgan fingerprint density at radius 3 is 2.50 bits per heavy atom. The molecule has 0 fully saturated rings. The quantitative estimate of drug-likeness (QED) is 0.827. The van der Waals surface area contributed by atoms with E-state index in [4.69, 9.17) is 5.73 Å². The minimum absolute atomic E-state index is 0.168. The van der Waals surface area contributed by atoms with Crippen molar-refractivity contribution in [2.75, 3.05) is 10.5 Å². The van der Waals surface area contributed by atoms with Crippen LogP contribution in [-0.2, 0) is 10.0 Å². The van der Waals surface area contributed by atoms with Crippen LogP contribution in [0.1, 0.15) is 5.56 Å². The van der Waals surface area contributed by atoms with Gasteiger partial charge in [-0.25, -0.2) is 12.8 Å². The highest BCUT2D eigenvalue weighted by molar-refractivity contribution is 9.10. The highest BCUT2D eigenvalue weighted by atomic mass is 79.9. The molecule has 0 unspecified atom stereocenters. The van der Waals surface area contributed by atoms with Crippen LogP contribution in [0.15, 0.2) is 45.8 Å². The molecule has 3 N–H and O–H groups in total. The van der Waals surface area contributed by atoms with Gasteiger partial charge in [0.05, 0.1) is 5.69 Å². The molecule has 0 spiro atoms. The van der Waals surface area contributed by atoms with E-state index in [0.29, 0.717) is 5.69 Å². The van der Waals surface area contributed by atoms with Crippen molar-refractivity contribution in [1.82, 2.24) is 0 Å². The summed E-state index contributed by atoms with van der Waals surface area (Å²) < 4.78 is 41.2. The van der Waals surface area contributed by atoms with Crippen LogP contribution in [0.5, 0.6) is 0 Å². The van der Waals surface area contributed by atoms with Gasteiger partial charge in [0.1, 0.15) is 10.7 Å². The van der Waals surface area contributed by atoms with Gasteiger partial charge in [-0.15, -0.1) is 0 Å². The van der Waals surface area contributed by atoms with Gasteiger partial charge in [-0.1, -0.05) is 15.9 Å². The molecule has 0 radical (unpaired) electrons. The normalized spacial score (nSPS) is 11.3. The smallest absolute Gasteiger partial charge is 0.264 e. The zero-order chi connectivity index (χ0) is 14.9. The number of hydrogen-bond acceptors (Lipinski definition) is 3. The lowest BCUT2D eigenvalue weighted by molar-refractivity contribution is 0.571. The summed E-state index contributed by atoms with van der Waals surface area (Å²) in [5.41, 5.74) is 6.69. The molecule has 0 aliphatic rings. The molecule has 2 rings (SSSR count). The third kappa shape index (κ3) is 3.10. The molecule has 0 amide bonds. The van der Waals surface area contributed by atoms with Crippen LogP contribution in [0, 0.1) is 12.7 Å². The minimum Gasteiger partial charge on any atom is -0.399 e. The van der Waals surface area contributed by atoms with E-state index >= 15 is 0 Å². The second kappa shape index (κ2) is 5.41. The van der Waals surface area contributed by atoms with Crippen LogP contribution in [0.4, 0.5) is 15.8 Å². The lowest BCUT2D eigenvalue weighted by atomic mass is 10.2. The second-order valence-corrected chi connectivity index (χ2v) is 6.82. The number of halogens is 2. The van der Waals surface area contributed by atoms with E-state index in [-0.39, 0.29) is 5.69 Å². The highest BCUT2D eigenvalue weighted by Gasteiger charge is 2.19. The molecule has 2 aromatic rings. The van der Waals surface area contributed by atoms with Crippen molar-refractivity contribution in [3.8, 4) is 0 Å². The lowest BCUT2D eigenvalue weighted by Gasteiger charge is -2.11. The summed E-state index contributed by atoms with van der Waals surface area (Å²) in [6.07, 6.45) is 0. The van der Waals surface area contributed by atoms with Crippen LogP contribution < -0.4 is 10.5 Å². The molecule has 0 bridgehead atoms. The van der Waals surface area contributed by atoms with Crippen LogP contribution in [0.3, 0.4) is 0 Å². The molecule has 0 aromatic heterocycles. The van der Waals surface area contributed by atoms with Gasteiger partial charge in [0, 0.05) is 10.2 Å². The monoisotopic (exact) mass is 358 g/mol. The van der Waals surface area contributed by atoms with Crippen LogP contribution in [0.2, 0.25) is 0 Å². The Hall–Kier alpha value is -1.60. The molecule has 0 saturated carbocycles. The fraction of sp³-hybridized carbons (Fsp3) is 0.0769. The molecule has 2 aromatic carbocycles. The first-order chi connectivity index (χ1) is 9.29. The Morgan fingerprint density at radius 2 is 1.90 bits per heavy atom. The van der Waals surface area contributed by atoms with E-state index in [9.17, 15) is 12.8 Å². The van der Waals surface area contributed by atoms with Gasteiger partial charge in [0.2, 0.25) is 0 Å². The summed E-state index contributed by atoms with van der Waals surface area (Å²) in [7, 11) is -3.99. The average Bonchev–Trinajstić information content (AvgIpc) is 2.32. The standard InChI is InChI=1S/C13H12BrFN2O2S/c1-8-6-9(14)2-4-12(8)17-20(18,19)13-5-3-10(16)7-11(13)15/h2-7,17H,16H2,1H3. The number of benzene rings is 2.